The molecule has 1 N–H and O–H groups in total. The van der Waals surface area contributed by atoms with E-state index in [4.69, 9.17) is 0 Å². The molecule has 116 valence electrons. The highest BCUT2D eigenvalue weighted by atomic mass is 79.9. The molecule has 0 fully saturated rings. The van der Waals surface area contributed by atoms with Gasteiger partial charge in [0.15, 0.2) is 0 Å². The van der Waals surface area contributed by atoms with E-state index >= 15 is 0 Å². The summed E-state index contributed by atoms with van der Waals surface area (Å²) in [6.07, 6.45) is 1.22. The van der Waals surface area contributed by atoms with Crippen LogP contribution in [0.25, 0.3) is 0 Å². The molecular weight excluding hydrogens is 381 g/mol. The van der Waals surface area contributed by atoms with Crippen LogP contribution in [0.4, 0.5) is 18.9 Å². The van der Waals surface area contributed by atoms with E-state index in [1.165, 1.54) is 18.3 Å². The third-order valence-corrected chi connectivity index (χ3v) is 3.91. The topological polar surface area (TPSA) is 42.0 Å². The number of aryl methyl sites for hydroxylation is 1. The lowest BCUT2D eigenvalue weighted by molar-refractivity contribution is -0.0329. The molecule has 0 atom stereocenters. The molecule has 0 saturated carbocycles. The van der Waals surface area contributed by atoms with Crippen LogP contribution in [0, 0.1) is 6.92 Å². The standard InChI is InChI=1S/C14H10BrF3N2OS/c1-8-7-9(15)4-5-11(8)20-12(21)10-3-2-6-19-13(10)22-14(16,17)18/h2-7H,1H3,(H,20,21). The highest BCUT2D eigenvalue weighted by molar-refractivity contribution is 9.10. The van der Waals surface area contributed by atoms with E-state index < -0.39 is 23.2 Å². The fourth-order valence-corrected chi connectivity index (χ4v) is 2.79. The molecule has 0 spiro atoms. The zero-order valence-electron chi connectivity index (χ0n) is 11.2. The molecule has 0 aliphatic heterocycles. The number of amides is 1. The van der Waals surface area contributed by atoms with Gasteiger partial charge in [-0.25, -0.2) is 4.98 Å². The van der Waals surface area contributed by atoms with Gasteiger partial charge in [0.25, 0.3) is 5.91 Å². The first kappa shape index (κ1) is 16.8. The second-order valence-electron chi connectivity index (χ2n) is 4.32. The molecule has 22 heavy (non-hydrogen) atoms. The van der Waals surface area contributed by atoms with Gasteiger partial charge in [-0.2, -0.15) is 13.2 Å². The number of carbonyl (C=O) groups is 1. The van der Waals surface area contributed by atoms with Gasteiger partial charge in [-0.1, -0.05) is 15.9 Å². The van der Waals surface area contributed by atoms with E-state index in [-0.39, 0.29) is 10.6 Å². The molecule has 1 heterocycles. The number of carbonyl (C=O) groups excluding carboxylic acids is 1. The number of hydrogen-bond acceptors (Lipinski definition) is 3. The molecule has 2 aromatic rings. The van der Waals surface area contributed by atoms with Crippen LogP contribution >= 0.6 is 27.7 Å². The molecule has 1 aromatic carbocycles. The Labute approximate surface area is 137 Å². The van der Waals surface area contributed by atoms with Gasteiger partial charge < -0.3 is 5.32 Å². The van der Waals surface area contributed by atoms with Crippen molar-refractivity contribution in [2.45, 2.75) is 17.5 Å². The molecular formula is C14H10BrF3N2OS. The summed E-state index contributed by atoms with van der Waals surface area (Å²) in [6.45, 7) is 1.79. The van der Waals surface area contributed by atoms with Crippen molar-refractivity contribution in [3.63, 3.8) is 0 Å². The van der Waals surface area contributed by atoms with Crippen LogP contribution in [0.2, 0.25) is 0 Å². The number of alkyl halides is 3. The van der Waals surface area contributed by atoms with E-state index in [1.54, 1.807) is 25.1 Å². The summed E-state index contributed by atoms with van der Waals surface area (Å²) in [5.41, 5.74) is -3.31. The van der Waals surface area contributed by atoms with Gasteiger partial charge in [0.1, 0.15) is 5.03 Å². The molecule has 0 aliphatic rings. The Bertz CT molecular complexity index is 707. The highest BCUT2D eigenvalue weighted by Crippen LogP contribution is 2.37. The minimum Gasteiger partial charge on any atom is -0.322 e. The van der Waals surface area contributed by atoms with Crippen molar-refractivity contribution in [3.05, 3.63) is 52.1 Å². The number of rotatable bonds is 3. The molecule has 8 heteroatoms. The van der Waals surface area contributed by atoms with Crippen molar-refractivity contribution < 1.29 is 18.0 Å². The summed E-state index contributed by atoms with van der Waals surface area (Å²) >= 11 is 2.89. The monoisotopic (exact) mass is 390 g/mol. The minimum absolute atomic E-state index is 0.118. The Morgan fingerprint density at radius 3 is 2.68 bits per heavy atom. The molecule has 0 bridgehead atoms. The van der Waals surface area contributed by atoms with Crippen LogP contribution in [0.5, 0.6) is 0 Å². The zero-order chi connectivity index (χ0) is 16.3. The average Bonchev–Trinajstić information content (AvgIpc) is 2.40. The number of nitrogens with zero attached hydrogens (tertiary/aromatic N) is 1. The van der Waals surface area contributed by atoms with Gasteiger partial charge in [0.05, 0.1) is 5.56 Å². The summed E-state index contributed by atoms with van der Waals surface area (Å²) < 4.78 is 38.4. The Hall–Kier alpha value is -1.54. The summed E-state index contributed by atoms with van der Waals surface area (Å²) in [6, 6.07) is 7.93. The van der Waals surface area contributed by atoms with Crippen molar-refractivity contribution in [3.8, 4) is 0 Å². The van der Waals surface area contributed by atoms with Crippen LogP contribution < -0.4 is 5.32 Å². The molecule has 1 aromatic heterocycles. The number of aromatic nitrogens is 1. The lowest BCUT2D eigenvalue weighted by atomic mass is 10.2. The fraction of sp³-hybridized carbons (Fsp3) is 0.143. The van der Waals surface area contributed by atoms with Gasteiger partial charge in [0.2, 0.25) is 0 Å². The predicted molar refractivity (Wildman–Crippen MR) is 83.0 cm³/mol. The Morgan fingerprint density at radius 1 is 1.32 bits per heavy atom. The molecule has 0 saturated heterocycles. The third-order valence-electron chi connectivity index (χ3n) is 2.66. The molecule has 0 unspecified atom stereocenters. The van der Waals surface area contributed by atoms with E-state index in [0.29, 0.717) is 5.69 Å². The largest absolute Gasteiger partial charge is 0.447 e. The summed E-state index contributed by atoms with van der Waals surface area (Å²) in [7, 11) is 0. The van der Waals surface area contributed by atoms with Crippen molar-refractivity contribution >= 4 is 39.3 Å². The quantitative estimate of drug-likeness (QED) is 0.748. The van der Waals surface area contributed by atoms with Crippen LogP contribution in [-0.2, 0) is 0 Å². The van der Waals surface area contributed by atoms with Crippen molar-refractivity contribution in [2.75, 3.05) is 5.32 Å². The number of pyridine rings is 1. The van der Waals surface area contributed by atoms with Gasteiger partial charge in [-0.15, -0.1) is 0 Å². The van der Waals surface area contributed by atoms with Crippen molar-refractivity contribution in [2.24, 2.45) is 0 Å². The van der Waals surface area contributed by atoms with E-state index in [9.17, 15) is 18.0 Å². The number of nitrogens with one attached hydrogen (secondary N) is 1. The Balaban J connectivity index is 2.26. The first-order valence-electron chi connectivity index (χ1n) is 6.04. The van der Waals surface area contributed by atoms with Crippen molar-refractivity contribution in [1.29, 1.82) is 0 Å². The maximum absolute atomic E-state index is 12.5. The molecule has 2 rings (SSSR count). The van der Waals surface area contributed by atoms with Crippen LogP contribution in [0.3, 0.4) is 0 Å². The maximum atomic E-state index is 12.5. The Morgan fingerprint density at radius 2 is 2.05 bits per heavy atom. The number of halogens is 4. The molecule has 1 amide bonds. The fourth-order valence-electron chi connectivity index (χ4n) is 1.71. The van der Waals surface area contributed by atoms with Gasteiger partial charge >= 0.3 is 5.51 Å². The summed E-state index contributed by atoms with van der Waals surface area (Å²) in [4.78, 5) is 15.9. The summed E-state index contributed by atoms with van der Waals surface area (Å²) in [5.74, 6) is -0.634. The van der Waals surface area contributed by atoms with Crippen molar-refractivity contribution in [1.82, 2.24) is 4.98 Å². The number of anilines is 1. The number of benzene rings is 1. The van der Waals surface area contributed by atoms with Gasteiger partial charge in [0, 0.05) is 28.1 Å². The predicted octanol–water partition coefficient (Wildman–Crippen LogP) is 5.02. The van der Waals surface area contributed by atoms with Crippen LogP contribution in [0.15, 0.2) is 46.0 Å². The number of hydrogen-bond donors (Lipinski definition) is 1. The third kappa shape index (κ3) is 4.48. The minimum atomic E-state index is -4.50. The highest BCUT2D eigenvalue weighted by Gasteiger charge is 2.32. The smallest absolute Gasteiger partial charge is 0.322 e. The van der Waals surface area contributed by atoms with Crippen LogP contribution in [0.1, 0.15) is 15.9 Å². The zero-order valence-corrected chi connectivity index (χ0v) is 13.6. The molecule has 0 aliphatic carbocycles. The first-order chi connectivity index (χ1) is 10.3. The van der Waals surface area contributed by atoms with E-state index in [2.05, 4.69) is 26.2 Å². The first-order valence-corrected chi connectivity index (χ1v) is 7.65. The summed E-state index contributed by atoms with van der Waals surface area (Å²) in [5, 5.41) is 2.23. The maximum Gasteiger partial charge on any atom is 0.447 e. The normalized spacial score (nSPS) is 11.3. The molecule has 0 radical (unpaired) electrons. The lowest BCUT2D eigenvalue weighted by Crippen LogP contribution is -2.15. The number of thioether (sulfide) groups is 1. The SMILES string of the molecule is Cc1cc(Br)ccc1NC(=O)c1cccnc1SC(F)(F)F. The molecule has 3 nitrogen and oxygen atoms in total. The lowest BCUT2D eigenvalue weighted by Gasteiger charge is -2.12. The average molecular weight is 391 g/mol. The van der Waals surface area contributed by atoms with Gasteiger partial charge in [-0.05, 0) is 42.8 Å². The van der Waals surface area contributed by atoms with E-state index in [0.717, 1.165) is 10.0 Å². The second-order valence-corrected chi connectivity index (χ2v) is 6.29. The van der Waals surface area contributed by atoms with Crippen LogP contribution in [-0.4, -0.2) is 16.4 Å². The van der Waals surface area contributed by atoms with Gasteiger partial charge in [-0.3, -0.25) is 4.79 Å². The Kier molecular flexibility index (Phi) is 5.12. The van der Waals surface area contributed by atoms with E-state index in [1.807, 2.05) is 0 Å². The second kappa shape index (κ2) is 6.70.